The van der Waals surface area contributed by atoms with Gasteiger partial charge in [-0.3, -0.25) is 4.79 Å². The van der Waals surface area contributed by atoms with Crippen LogP contribution in [-0.2, 0) is 4.79 Å². The van der Waals surface area contributed by atoms with Crippen LogP contribution in [0.1, 0.15) is 12.5 Å². The second-order valence-electron chi connectivity index (χ2n) is 3.10. The number of ether oxygens (including phenoxy) is 1. The largest absolute Gasteiger partial charge is 0.479 e. The molecule has 84 valence electrons. The number of hydrogen-bond acceptors (Lipinski definition) is 3. The highest BCUT2D eigenvalue weighted by Crippen LogP contribution is 2.26. The molecule has 0 saturated carbocycles. The monoisotopic (exact) mass is 238 g/mol. The number of likely N-dealkylation sites (N-methyl/N-ethyl adjacent to an activating group) is 1. The van der Waals surface area contributed by atoms with E-state index in [0.29, 0.717) is 10.8 Å². The van der Waals surface area contributed by atoms with E-state index in [2.05, 4.69) is 5.32 Å². The summed E-state index contributed by atoms with van der Waals surface area (Å²) in [5.74, 6) is 0.0509. The Morgan fingerprint density at radius 1 is 1.62 bits per heavy atom. The van der Waals surface area contributed by atoms with E-state index in [4.69, 9.17) is 21.6 Å². The van der Waals surface area contributed by atoms with Gasteiger partial charge in [0.25, 0.3) is 5.91 Å². The van der Waals surface area contributed by atoms with Crippen molar-refractivity contribution < 1.29 is 9.53 Å². The Labute approximate surface area is 98.8 Å². The summed E-state index contributed by atoms with van der Waals surface area (Å²) < 4.78 is 5.35. The minimum absolute atomic E-state index is 0.236. The number of hydrogen-bond donors (Lipinski definition) is 1. The Morgan fingerprint density at radius 2 is 2.31 bits per heavy atom. The average molecular weight is 239 g/mol. The third-order valence-electron chi connectivity index (χ3n) is 2.01. The summed E-state index contributed by atoms with van der Waals surface area (Å²) in [6.45, 7) is 1.60. The van der Waals surface area contributed by atoms with Crippen LogP contribution in [0.2, 0.25) is 5.02 Å². The quantitative estimate of drug-likeness (QED) is 0.872. The number of benzene rings is 1. The van der Waals surface area contributed by atoms with Crippen LogP contribution in [0.15, 0.2) is 18.2 Å². The van der Waals surface area contributed by atoms with E-state index >= 15 is 0 Å². The van der Waals surface area contributed by atoms with Crippen LogP contribution in [0.25, 0.3) is 0 Å². The van der Waals surface area contributed by atoms with E-state index in [9.17, 15) is 4.79 Å². The average Bonchev–Trinajstić information content (AvgIpc) is 2.28. The first kappa shape index (κ1) is 12.3. The highest BCUT2D eigenvalue weighted by Gasteiger charge is 2.15. The van der Waals surface area contributed by atoms with Crippen molar-refractivity contribution in [2.45, 2.75) is 13.0 Å². The molecule has 0 bridgehead atoms. The molecule has 4 nitrogen and oxygen atoms in total. The minimum Gasteiger partial charge on any atom is -0.479 e. The Hall–Kier alpha value is -1.73. The van der Waals surface area contributed by atoms with Crippen LogP contribution >= 0.6 is 11.6 Å². The number of nitrogens with zero attached hydrogens (tertiary/aromatic N) is 1. The minimum atomic E-state index is -0.671. The molecule has 0 saturated heterocycles. The molecule has 1 unspecified atom stereocenters. The van der Waals surface area contributed by atoms with Gasteiger partial charge < -0.3 is 10.1 Å². The molecule has 0 aliphatic rings. The molecular formula is C11H11ClN2O2. The second kappa shape index (κ2) is 5.38. The lowest BCUT2D eigenvalue weighted by Gasteiger charge is -2.14. The Balaban J connectivity index is 2.94. The SMILES string of the molecule is CNC(=O)C(C)Oc1cccc(Cl)c1C#N. The Morgan fingerprint density at radius 3 is 2.88 bits per heavy atom. The third kappa shape index (κ3) is 2.65. The van der Waals surface area contributed by atoms with Crippen molar-refractivity contribution in [3.05, 3.63) is 28.8 Å². The molecule has 5 heteroatoms. The lowest BCUT2D eigenvalue weighted by Crippen LogP contribution is -2.33. The van der Waals surface area contributed by atoms with Gasteiger partial charge in [0.2, 0.25) is 0 Å². The predicted octanol–water partition coefficient (Wildman–Crippen LogP) is 1.72. The molecule has 0 aliphatic heterocycles. The van der Waals surface area contributed by atoms with Gasteiger partial charge in [-0.05, 0) is 19.1 Å². The zero-order valence-electron chi connectivity index (χ0n) is 8.95. The maximum atomic E-state index is 11.2. The lowest BCUT2D eigenvalue weighted by molar-refractivity contribution is -0.126. The van der Waals surface area contributed by atoms with Gasteiger partial charge in [0.1, 0.15) is 17.4 Å². The van der Waals surface area contributed by atoms with Crippen molar-refractivity contribution in [1.29, 1.82) is 5.26 Å². The van der Waals surface area contributed by atoms with Crippen LogP contribution in [0.3, 0.4) is 0 Å². The molecule has 1 atom stereocenters. The molecule has 1 amide bonds. The number of nitriles is 1. The summed E-state index contributed by atoms with van der Waals surface area (Å²) in [5, 5.41) is 11.7. The fourth-order valence-electron chi connectivity index (χ4n) is 1.16. The van der Waals surface area contributed by atoms with Crippen molar-refractivity contribution in [3.8, 4) is 11.8 Å². The predicted molar refractivity (Wildman–Crippen MR) is 60.3 cm³/mol. The van der Waals surface area contributed by atoms with Crippen molar-refractivity contribution in [3.63, 3.8) is 0 Å². The number of carbonyl (C=O) groups is 1. The summed E-state index contributed by atoms with van der Waals surface area (Å²) in [5.41, 5.74) is 0.236. The molecule has 0 heterocycles. The molecule has 0 aromatic heterocycles. The van der Waals surface area contributed by atoms with Crippen LogP contribution in [0.5, 0.6) is 5.75 Å². The molecular weight excluding hydrogens is 228 g/mol. The van der Waals surface area contributed by atoms with Crippen molar-refractivity contribution in [2.75, 3.05) is 7.05 Å². The Bertz CT molecular complexity index is 440. The van der Waals surface area contributed by atoms with Gasteiger partial charge >= 0.3 is 0 Å². The van der Waals surface area contributed by atoms with E-state index in [-0.39, 0.29) is 11.5 Å². The van der Waals surface area contributed by atoms with E-state index in [1.807, 2.05) is 6.07 Å². The molecule has 0 fully saturated rings. The molecule has 1 aromatic carbocycles. The van der Waals surface area contributed by atoms with Gasteiger partial charge in [-0.25, -0.2) is 0 Å². The molecule has 16 heavy (non-hydrogen) atoms. The van der Waals surface area contributed by atoms with Crippen LogP contribution in [0.4, 0.5) is 0 Å². The van der Waals surface area contributed by atoms with Gasteiger partial charge in [0.05, 0.1) is 5.02 Å². The highest BCUT2D eigenvalue weighted by atomic mass is 35.5. The summed E-state index contributed by atoms with van der Waals surface area (Å²) in [6.07, 6.45) is -0.671. The fraction of sp³-hybridized carbons (Fsp3) is 0.273. The summed E-state index contributed by atoms with van der Waals surface area (Å²) >= 11 is 5.82. The van der Waals surface area contributed by atoms with E-state index in [1.54, 1.807) is 25.1 Å². The fourth-order valence-corrected chi connectivity index (χ4v) is 1.37. The maximum absolute atomic E-state index is 11.2. The summed E-state index contributed by atoms with van der Waals surface area (Å²) in [7, 11) is 1.52. The van der Waals surface area contributed by atoms with Gasteiger partial charge in [-0.15, -0.1) is 0 Å². The molecule has 0 radical (unpaired) electrons. The number of amides is 1. The normalized spacial score (nSPS) is 11.4. The van der Waals surface area contributed by atoms with E-state index in [1.165, 1.54) is 7.05 Å². The number of nitrogens with one attached hydrogen (secondary N) is 1. The van der Waals surface area contributed by atoms with Crippen molar-refractivity contribution >= 4 is 17.5 Å². The standard InChI is InChI=1S/C11H11ClN2O2/c1-7(11(15)14-2)16-10-5-3-4-9(12)8(10)6-13/h3-5,7H,1-2H3,(H,14,15). The first-order valence-corrected chi connectivity index (χ1v) is 5.04. The van der Waals surface area contributed by atoms with Gasteiger partial charge in [0.15, 0.2) is 6.10 Å². The number of carbonyl (C=O) groups excluding carboxylic acids is 1. The highest BCUT2D eigenvalue weighted by molar-refractivity contribution is 6.31. The molecule has 1 rings (SSSR count). The molecule has 1 aromatic rings. The number of rotatable bonds is 3. The van der Waals surface area contributed by atoms with Crippen LogP contribution < -0.4 is 10.1 Å². The zero-order valence-corrected chi connectivity index (χ0v) is 9.71. The summed E-state index contributed by atoms with van der Waals surface area (Å²) in [4.78, 5) is 11.2. The topological polar surface area (TPSA) is 62.1 Å². The van der Waals surface area contributed by atoms with Gasteiger partial charge in [-0.1, -0.05) is 17.7 Å². The van der Waals surface area contributed by atoms with Gasteiger partial charge in [0, 0.05) is 7.05 Å². The molecule has 0 spiro atoms. The second-order valence-corrected chi connectivity index (χ2v) is 3.51. The first-order chi connectivity index (χ1) is 7.60. The van der Waals surface area contributed by atoms with Crippen molar-refractivity contribution in [2.24, 2.45) is 0 Å². The number of halogens is 1. The molecule has 1 N–H and O–H groups in total. The lowest BCUT2D eigenvalue weighted by atomic mass is 10.2. The molecule has 0 aliphatic carbocycles. The smallest absolute Gasteiger partial charge is 0.260 e. The van der Waals surface area contributed by atoms with E-state index in [0.717, 1.165) is 0 Å². The van der Waals surface area contributed by atoms with Gasteiger partial charge in [-0.2, -0.15) is 5.26 Å². The first-order valence-electron chi connectivity index (χ1n) is 4.67. The Kier molecular flexibility index (Phi) is 4.15. The third-order valence-corrected chi connectivity index (χ3v) is 2.32. The van der Waals surface area contributed by atoms with E-state index < -0.39 is 6.10 Å². The maximum Gasteiger partial charge on any atom is 0.260 e. The van der Waals surface area contributed by atoms with Crippen molar-refractivity contribution in [1.82, 2.24) is 5.32 Å². The van der Waals surface area contributed by atoms with Crippen LogP contribution in [-0.4, -0.2) is 19.1 Å². The van der Waals surface area contributed by atoms with Crippen LogP contribution in [0, 0.1) is 11.3 Å². The summed E-state index contributed by atoms with van der Waals surface area (Å²) in [6, 6.07) is 6.80. The zero-order chi connectivity index (χ0) is 12.1.